The molecule has 0 bridgehead atoms. The second-order valence-electron chi connectivity index (χ2n) is 13.6. The second-order valence-corrected chi connectivity index (χ2v) is 13.6. The van der Waals surface area contributed by atoms with Crippen LogP contribution in [0.3, 0.4) is 0 Å². The van der Waals surface area contributed by atoms with E-state index in [0.29, 0.717) is 10.8 Å². The van der Waals surface area contributed by atoms with E-state index in [2.05, 4.69) is 41.5 Å². The molecule has 0 nitrogen and oxygen atoms in total. The van der Waals surface area contributed by atoms with Crippen LogP contribution in [-0.4, -0.2) is 0 Å². The molecule has 4 aliphatic carbocycles. The fourth-order valence-corrected chi connectivity index (χ4v) is 10.4. The largest absolute Gasteiger partial charge is 0.0654 e. The van der Waals surface area contributed by atoms with E-state index in [0.717, 1.165) is 47.3 Å². The van der Waals surface area contributed by atoms with Crippen LogP contribution in [0.25, 0.3) is 0 Å². The average Bonchev–Trinajstić information content (AvgIpc) is 3.04. The van der Waals surface area contributed by atoms with Crippen molar-refractivity contribution in [2.45, 2.75) is 131 Å². The van der Waals surface area contributed by atoms with Crippen molar-refractivity contribution < 1.29 is 0 Å². The quantitative estimate of drug-likeness (QED) is 0.389. The third-order valence-electron chi connectivity index (χ3n) is 11.5. The average molecular weight is 415 g/mol. The van der Waals surface area contributed by atoms with Gasteiger partial charge in [0.15, 0.2) is 0 Å². The van der Waals surface area contributed by atoms with Crippen LogP contribution in [0.5, 0.6) is 0 Å². The van der Waals surface area contributed by atoms with Crippen molar-refractivity contribution in [3.05, 3.63) is 0 Å². The molecular weight excluding hydrogens is 360 g/mol. The summed E-state index contributed by atoms with van der Waals surface area (Å²) in [6.45, 7) is 15.5. The summed E-state index contributed by atoms with van der Waals surface area (Å²) >= 11 is 0. The summed E-state index contributed by atoms with van der Waals surface area (Å²) in [5, 5.41) is 0. The third kappa shape index (κ3) is 3.94. The Morgan fingerprint density at radius 3 is 2.40 bits per heavy atom. The van der Waals surface area contributed by atoms with Gasteiger partial charge in [0.2, 0.25) is 0 Å². The zero-order valence-corrected chi connectivity index (χ0v) is 21.5. The Bertz CT molecular complexity index is 562. The molecule has 0 aromatic heterocycles. The molecule has 174 valence electrons. The van der Waals surface area contributed by atoms with Gasteiger partial charge in [-0.3, -0.25) is 0 Å². The molecule has 4 aliphatic rings. The van der Waals surface area contributed by atoms with Gasteiger partial charge in [0, 0.05) is 0 Å². The van der Waals surface area contributed by atoms with Crippen molar-refractivity contribution in [1.82, 2.24) is 0 Å². The maximum absolute atomic E-state index is 2.79. The fourth-order valence-electron chi connectivity index (χ4n) is 10.4. The summed E-state index contributed by atoms with van der Waals surface area (Å²) in [5.74, 6) is 8.08. The van der Waals surface area contributed by atoms with Crippen molar-refractivity contribution in [3.8, 4) is 0 Å². The van der Waals surface area contributed by atoms with E-state index in [1.54, 1.807) is 44.9 Å². The standard InChI is InChI=1S/C30H54/c1-7-11-23-20-30(6)26(22(4)13-10-12-21(2)3)17-18-27(30)25-16-15-24-14-8-9-19-29(24,5)28(23)25/h21-28H,7-20H2,1-6H3/t22-,23?,24?,25+,26-,27+,28+,29+,30-/m1/s1. The highest BCUT2D eigenvalue weighted by Crippen LogP contribution is 2.70. The molecule has 0 aromatic carbocycles. The lowest BCUT2D eigenvalue weighted by Gasteiger charge is -2.63. The van der Waals surface area contributed by atoms with E-state index in [-0.39, 0.29) is 0 Å². The molecule has 4 saturated carbocycles. The van der Waals surface area contributed by atoms with Crippen molar-refractivity contribution in [3.63, 3.8) is 0 Å². The molecule has 0 radical (unpaired) electrons. The number of hydrogen-bond acceptors (Lipinski definition) is 0. The first-order valence-electron chi connectivity index (χ1n) is 14.3. The summed E-state index contributed by atoms with van der Waals surface area (Å²) in [7, 11) is 0. The number of hydrogen-bond donors (Lipinski definition) is 0. The molecule has 0 aromatic rings. The third-order valence-corrected chi connectivity index (χ3v) is 11.5. The highest BCUT2D eigenvalue weighted by molar-refractivity contribution is 5.11. The van der Waals surface area contributed by atoms with Gasteiger partial charge in [0.1, 0.15) is 0 Å². The first-order valence-corrected chi connectivity index (χ1v) is 14.3. The van der Waals surface area contributed by atoms with Crippen molar-refractivity contribution in [2.24, 2.45) is 58.2 Å². The Kier molecular flexibility index (Phi) is 7.02. The molecule has 30 heavy (non-hydrogen) atoms. The van der Waals surface area contributed by atoms with Gasteiger partial charge in [-0.25, -0.2) is 0 Å². The van der Waals surface area contributed by atoms with Crippen LogP contribution in [0.15, 0.2) is 0 Å². The van der Waals surface area contributed by atoms with Gasteiger partial charge in [-0.1, -0.05) is 86.5 Å². The molecule has 0 N–H and O–H groups in total. The Balaban J connectivity index is 1.56. The van der Waals surface area contributed by atoms with Gasteiger partial charge < -0.3 is 0 Å². The van der Waals surface area contributed by atoms with Crippen LogP contribution in [0, 0.1) is 58.2 Å². The smallest absolute Gasteiger partial charge is 0.0261 e. The summed E-state index contributed by atoms with van der Waals surface area (Å²) < 4.78 is 0. The van der Waals surface area contributed by atoms with Crippen molar-refractivity contribution in [1.29, 1.82) is 0 Å². The molecule has 0 spiro atoms. The van der Waals surface area contributed by atoms with Crippen LogP contribution in [0.4, 0.5) is 0 Å². The van der Waals surface area contributed by atoms with E-state index in [9.17, 15) is 0 Å². The predicted molar refractivity (Wildman–Crippen MR) is 131 cm³/mol. The zero-order valence-electron chi connectivity index (χ0n) is 21.5. The highest BCUT2D eigenvalue weighted by atomic mass is 14.7. The Morgan fingerprint density at radius 2 is 1.67 bits per heavy atom. The molecular formula is C30H54. The van der Waals surface area contributed by atoms with E-state index in [1.165, 1.54) is 44.9 Å². The molecule has 0 heterocycles. The maximum Gasteiger partial charge on any atom is -0.0261 e. The predicted octanol–water partition coefficient (Wildman–Crippen LogP) is 9.52. The van der Waals surface area contributed by atoms with Crippen molar-refractivity contribution in [2.75, 3.05) is 0 Å². The highest BCUT2D eigenvalue weighted by Gasteiger charge is 2.62. The lowest BCUT2D eigenvalue weighted by Crippen LogP contribution is -2.56. The van der Waals surface area contributed by atoms with E-state index >= 15 is 0 Å². The molecule has 4 fully saturated rings. The van der Waals surface area contributed by atoms with Crippen LogP contribution in [-0.2, 0) is 0 Å². The summed E-state index contributed by atoms with van der Waals surface area (Å²) in [4.78, 5) is 0. The summed E-state index contributed by atoms with van der Waals surface area (Å²) in [6, 6.07) is 0. The minimum Gasteiger partial charge on any atom is -0.0654 e. The van der Waals surface area contributed by atoms with E-state index < -0.39 is 0 Å². The maximum atomic E-state index is 2.79. The molecule has 0 aliphatic heterocycles. The Hall–Kier alpha value is 0. The van der Waals surface area contributed by atoms with Crippen LogP contribution in [0.1, 0.15) is 131 Å². The Morgan fingerprint density at radius 1 is 0.867 bits per heavy atom. The second kappa shape index (κ2) is 9.09. The molecule has 2 unspecified atom stereocenters. The Labute approximate surface area is 189 Å². The van der Waals surface area contributed by atoms with Gasteiger partial charge in [-0.15, -0.1) is 0 Å². The van der Waals surface area contributed by atoms with E-state index in [1.807, 2.05) is 0 Å². The molecule has 0 saturated heterocycles. The van der Waals surface area contributed by atoms with Crippen LogP contribution < -0.4 is 0 Å². The summed E-state index contributed by atoms with van der Waals surface area (Å²) in [6.07, 6.45) is 21.3. The molecule has 4 rings (SSSR count). The minimum atomic E-state index is 0.649. The van der Waals surface area contributed by atoms with Gasteiger partial charge in [0.05, 0.1) is 0 Å². The first-order chi connectivity index (χ1) is 14.3. The molecule has 0 heteroatoms. The van der Waals surface area contributed by atoms with Gasteiger partial charge in [-0.2, -0.15) is 0 Å². The lowest BCUT2D eigenvalue weighted by molar-refractivity contribution is -0.147. The zero-order chi connectivity index (χ0) is 21.5. The van der Waals surface area contributed by atoms with Crippen LogP contribution in [0.2, 0.25) is 0 Å². The van der Waals surface area contributed by atoms with Gasteiger partial charge >= 0.3 is 0 Å². The van der Waals surface area contributed by atoms with Crippen molar-refractivity contribution >= 4 is 0 Å². The minimum absolute atomic E-state index is 0.649. The van der Waals surface area contributed by atoms with Gasteiger partial charge in [-0.05, 0) is 103 Å². The summed E-state index contributed by atoms with van der Waals surface area (Å²) in [5.41, 5.74) is 1.33. The van der Waals surface area contributed by atoms with E-state index in [4.69, 9.17) is 0 Å². The lowest BCUT2D eigenvalue weighted by atomic mass is 9.41. The topological polar surface area (TPSA) is 0 Å². The van der Waals surface area contributed by atoms with Gasteiger partial charge in [0.25, 0.3) is 0 Å². The fraction of sp³-hybridized carbons (Fsp3) is 1.00. The SMILES string of the molecule is CCCC1C[C@]2(C)[C@@H]([C@H](C)CCCC(C)C)CC[C@H]2[C@@H]2CCC3CCCC[C@]3(C)[C@@H]12. The normalized spacial score (nSPS) is 46.9. The number of fused-ring (bicyclic) bond motifs is 5. The first kappa shape index (κ1) is 23.2. The molecule has 0 amide bonds. The number of rotatable bonds is 7. The molecule has 9 atom stereocenters. The van der Waals surface area contributed by atoms with Crippen LogP contribution >= 0.6 is 0 Å². The monoisotopic (exact) mass is 414 g/mol.